The molecule has 0 bridgehead atoms. The highest BCUT2D eigenvalue weighted by Crippen LogP contribution is 2.32. The van der Waals surface area contributed by atoms with Gasteiger partial charge in [0.1, 0.15) is 17.3 Å². The van der Waals surface area contributed by atoms with E-state index in [-0.39, 0.29) is 11.9 Å². The molecule has 3 nitrogen and oxygen atoms in total. The Morgan fingerprint density at radius 3 is 2.57 bits per heavy atom. The maximum atomic E-state index is 14.1. The monoisotopic (exact) mass is 353 g/mol. The highest BCUT2D eigenvalue weighted by Gasteiger charge is 2.16. The van der Waals surface area contributed by atoms with Crippen molar-refractivity contribution in [3.05, 3.63) is 52.3 Å². The van der Waals surface area contributed by atoms with Crippen molar-refractivity contribution in [1.82, 2.24) is 0 Å². The van der Waals surface area contributed by atoms with Gasteiger partial charge in [-0.3, -0.25) is 0 Å². The lowest BCUT2D eigenvalue weighted by molar-refractivity contribution is 0.402. The molecular formula is C16H17BrFNO2. The molecule has 21 heavy (non-hydrogen) atoms. The van der Waals surface area contributed by atoms with Crippen LogP contribution in [0.3, 0.4) is 0 Å². The van der Waals surface area contributed by atoms with Crippen LogP contribution in [0.1, 0.15) is 18.5 Å². The molecule has 0 aliphatic heterocycles. The van der Waals surface area contributed by atoms with Gasteiger partial charge in [0.15, 0.2) is 0 Å². The lowest BCUT2D eigenvalue weighted by atomic mass is 10.1. The zero-order valence-electron chi connectivity index (χ0n) is 12.1. The van der Waals surface area contributed by atoms with Crippen LogP contribution in [0.25, 0.3) is 0 Å². The number of hydrogen-bond donors (Lipinski definition) is 1. The number of anilines is 1. The summed E-state index contributed by atoms with van der Waals surface area (Å²) in [6, 6.07) is 10.2. The van der Waals surface area contributed by atoms with Crippen molar-refractivity contribution in [2.45, 2.75) is 13.0 Å². The van der Waals surface area contributed by atoms with Crippen molar-refractivity contribution in [2.75, 3.05) is 19.5 Å². The van der Waals surface area contributed by atoms with Crippen molar-refractivity contribution < 1.29 is 13.9 Å². The summed E-state index contributed by atoms with van der Waals surface area (Å²) in [7, 11) is 3.14. The van der Waals surface area contributed by atoms with Crippen LogP contribution in [0.5, 0.6) is 11.5 Å². The maximum Gasteiger partial charge on any atom is 0.132 e. The van der Waals surface area contributed by atoms with E-state index in [0.29, 0.717) is 11.3 Å². The number of halogens is 2. The zero-order chi connectivity index (χ0) is 15.4. The maximum absolute atomic E-state index is 14.1. The Kier molecular flexibility index (Phi) is 5.07. The average Bonchev–Trinajstić information content (AvgIpc) is 2.45. The summed E-state index contributed by atoms with van der Waals surface area (Å²) < 4.78 is 25.4. The fraction of sp³-hybridized carbons (Fsp3) is 0.250. The second kappa shape index (κ2) is 6.80. The molecule has 1 N–H and O–H groups in total. The molecule has 0 aliphatic carbocycles. The second-order valence-corrected chi connectivity index (χ2v) is 5.52. The second-order valence-electron chi connectivity index (χ2n) is 4.60. The quantitative estimate of drug-likeness (QED) is 0.838. The molecule has 5 heteroatoms. The van der Waals surface area contributed by atoms with Crippen LogP contribution >= 0.6 is 15.9 Å². The van der Waals surface area contributed by atoms with E-state index in [0.717, 1.165) is 15.9 Å². The van der Waals surface area contributed by atoms with Gasteiger partial charge in [-0.2, -0.15) is 0 Å². The van der Waals surface area contributed by atoms with E-state index in [4.69, 9.17) is 9.47 Å². The first-order valence-corrected chi connectivity index (χ1v) is 7.28. The molecule has 0 saturated heterocycles. The van der Waals surface area contributed by atoms with E-state index in [1.165, 1.54) is 13.2 Å². The summed E-state index contributed by atoms with van der Waals surface area (Å²) in [6.07, 6.45) is 0. The van der Waals surface area contributed by atoms with E-state index >= 15 is 0 Å². The van der Waals surface area contributed by atoms with Crippen LogP contribution < -0.4 is 14.8 Å². The average molecular weight is 354 g/mol. The molecule has 0 saturated carbocycles. The summed E-state index contributed by atoms with van der Waals surface area (Å²) in [6.45, 7) is 1.88. The Bertz CT molecular complexity index is 634. The van der Waals surface area contributed by atoms with Crippen molar-refractivity contribution in [3.63, 3.8) is 0 Å². The van der Waals surface area contributed by atoms with Crippen LogP contribution in [0.4, 0.5) is 10.1 Å². The van der Waals surface area contributed by atoms with Crippen molar-refractivity contribution in [2.24, 2.45) is 0 Å². The van der Waals surface area contributed by atoms with Gasteiger partial charge in [0, 0.05) is 16.2 Å². The summed E-state index contributed by atoms with van der Waals surface area (Å²) in [5.74, 6) is 0.952. The van der Waals surface area contributed by atoms with Gasteiger partial charge in [-0.1, -0.05) is 22.0 Å². The first-order chi connectivity index (χ1) is 10.0. The van der Waals surface area contributed by atoms with Gasteiger partial charge < -0.3 is 14.8 Å². The highest BCUT2D eigenvalue weighted by molar-refractivity contribution is 9.10. The number of rotatable bonds is 5. The van der Waals surface area contributed by atoms with Crippen LogP contribution in [0.2, 0.25) is 0 Å². The minimum atomic E-state index is -0.295. The van der Waals surface area contributed by atoms with Crippen molar-refractivity contribution >= 4 is 21.6 Å². The lowest BCUT2D eigenvalue weighted by Gasteiger charge is -2.19. The Labute approximate surface area is 132 Å². The van der Waals surface area contributed by atoms with E-state index < -0.39 is 0 Å². The van der Waals surface area contributed by atoms with E-state index in [2.05, 4.69) is 21.2 Å². The Balaban J connectivity index is 2.30. The van der Waals surface area contributed by atoms with Gasteiger partial charge in [0.05, 0.1) is 25.8 Å². The fourth-order valence-electron chi connectivity index (χ4n) is 2.20. The predicted molar refractivity (Wildman–Crippen MR) is 85.7 cm³/mol. The number of hydrogen-bond acceptors (Lipinski definition) is 3. The van der Waals surface area contributed by atoms with Gasteiger partial charge in [-0.05, 0) is 31.2 Å². The zero-order valence-corrected chi connectivity index (χ0v) is 13.7. The SMILES string of the molecule is COc1cc(Br)cc(NC(C)c2c(F)cccc2OC)c1. The van der Waals surface area contributed by atoms with Gasteiger partial charge in [-0.15, -0.1) is 0 Å². The summed E-state index contributed by atoms with van der Waals surface area (Å²) in [4.78, 5) is 0. The van der Waals surface area contributed by atoms with E-state index in [1.807, 2.05) is 25.1 Å². The molecule has 2 rings (SSSR count). The number of ether oxygens (including phenoxy) is 2. The molecule has 0 aromatic heterocycles. The van der Waals surface area contributed by atoms with Crippen LogP contribution in [0, 0.1) is 5.82 Å². The third kappa shape index (κ3) is 3.67. The third-order valence-electron chi connectivity index (χ3n) is 3.16. The van der Waals surface area contributed by atoms with Crippen molar-refractivity contribution in [1.29, 1.82) is 0 Å². The molecular weight excluding hydrogens is 337 g/mol. The van der Waals surface area contributed by atoms with Crippen LogP contribution in [-0.2, 0) is 0 Å². The molecule has 0 radical (unpaired) electrons. The van der Waals surface area contributed by atoms with Crippen LogP contribution in [0.15, 0.2) is 40.9 Å². The Morgan fingerprint density at radius 2 is 1.90 bits per heavy atom. The topological polar surface area (TPSA) is 30.5 Å². The third-order valence-corrected chi connectivity index (χ3v) is 3.61. The van der Waals surface area contributed by atoms with Crippen molar-refractivity contribution in [3.8, 4) is 11.5 Å². The summed E-state index contributed by atoms with van der Waals surface area (Å²) >= 11 is 3.42. The molecule has 0 heterocycles. The molecule has 0 spiro atoms. The predicted octanol–water partition coefficient (Wildman–Crippen LogP) is 4.78. The normalized spacial score (nSPS) is 11.9. The van der Waals surface area contributed by atoms with Gasteiger partial charge in [0.2, 0.25) is 0 Å². The van der Waals surface area contributed by atoms with Crippen LogP contribution in [-0.4, -0.2) is 14.2 Å². The standard InChI is InChI=1S/C16H17BrFNO2/c1-10(16-14(18)5-4-6-15(16)21-3)19-12-7-11(17)8-13(9-12)20-2/h4-10,19H,1-3H3. The number of benzene rings is 2. The molecule has 0 amide bonds. The molecule has 0 aliphatic rings. The molecule has 1 unspecified atom stereocenters. The molecule has 1 atom stereocenters. The molecule has 112 valence electrons. The number of methoxy groups -OCH3 is 2. The minimum absolute atomic E-state index is 0.250. The van der Waals surface area contributed by atoms with Gasteiger partial charge in [-0.25, -0.2) is 4.39 Å². The smallest absolute Gasteiger partial charge is 0.132 e. The van der Waals surface area contributed by atoms with Gasteiger partial charge >= 0.3 is 0 Å². The molecule has 2 aromatic rings. The van der Waals surface area contributed by atoms with E-state index in [9.17, 15) is 4.39 Å². The Hall–Kier alpha value is -1.75. The highest BCUT2D eigenvalue weighted by atomic mass is 79.9. The van der Waals surface area contributed by atoms with E-state index in [1.54, 1.807) is 19.2 Å². The first-order valence-electron chi connectivity index (χ1n) is 6.48. The molecule has 0 fully saturated rings. The lowest BCUT2D eigenvalue weighted by Crippen LogP contribution is -2.10. The largest absolute Gasteiger partial charge is 0.497 e. The first kappa shape index (κ1) is 15.6. The summed E-state index contributed by atoms with van der Waals surface area (Å²) in [5.41, 5.74) is 1.33. The number of nitrogens with one attached hydrogen (secondary N) is 1. The van der Waals surface area contributed by atoms with Gasteiger partial charge in [0.25, 0.3) is 0 Å². The Morgan fingerprint density at radius 1 is 1.14 bits per heavy atom. The fourth-order valence-corrected chi connectivity index (χ4v) is 2.67. The summed E-state index contributed by atoms with van der Waals surface area (Å²) in [5, 5.41) is 3.26. The minimum Gasteiger partial charge on any atom is -0.497 e. The molecule has 2 aromatic carbocycles.